The summed E-state index contributed by atoms with van der Waals surface area (Å²) >= 11 is 0. The van der Waals surface area contributed by atoms with Crippen LogP contribution in [0.5, 0.6) is 0 Å². The predicted octanol–water partition coefficient (Wildman–Crippen LogP) is 2.73. The van der Waals surface area contributed by atoms with Crippen LogP contribution in [0.1, 0.15) is 46.5 Å². The lowest BCUT2D eigenvalue weighted by Crippen LogP contribution is -2.38. The largest absolute Gasteiger partial charge is 0.444 e. The molecule has 1 aliphatic rings. The SMILES string of the molecule is CC(C)(C)OC(=O)N1CCC/C=C\S(=O)(=O)CCCC1. The smallest absolute Gasteiger partial charge is 0.410 e. The van der Waals surface area contributed by atoms with Crippen LogP contribution in [0, 0.1) is 0 Å². The van der Waals surface area contributed by atoms with Crippen LogP contribution in [-0.2, 0) is 14.6 Å². The Hall–Kier alpha value is -1.04. The van der Waals surface area contributed by atoms with Gasteiger partial charge >= 0.3 is 6.09 Å². The Bertz CT molecular complexity index is 448. The molecular formula is C14H25NO4S. The van der Waals surface area contributed by atoms with Crippen molar-refractivity contribution in [2.45, 2.75) is 52.1 Å². The standard InChI is InChI=1S/C14H25NO4S/c1-14(2,3)19-13(16)15-9-5-4-7-11-20(17,18)12-8-6-10-15/h7,11H,4-6,8-10,12H2,1-3H3/b11-7-. The van der Waals surface area contributed by atoms with E-state index in [2.05, 4.69) is 0 Å². The normalized spacial score (nSPS) is 22.6. The zero-order chi connectivity index (χ0) is 15.2. The molecule has 0 aromatic rings. The zero-order valence-corrected chi connectivity index (χ0v) is 13.4. The highest BCUT2D eigenvalue weighted by molar-refractivity contribution is 7.94. The van der Waals surface area contributed by atoms with Crippen molar-refractivity contribution in [1.82, 2.24) is 4.90 Å². The number of nitrogens with zero attached hydrogens (tertiary/aromatic N) is 1. The first-order valence-electron chi connectivity index (χ1n) is 7.07. The Labute approximate surface area is 121 Å². The third-order valence-corrected chi connectivity index (χ3v) is 4.33. The maximum Gasteiger partial charge on any atom is 0.410 e. The van der Waals surface area contributed by atoms with Crippen LogP contribution in [0.4, 0.5) is 4.79 Å². The van der Waals surface area contributed by atoms with E-state index in [1.807, 2.05) is 20.8 Å². The quantitative estimate of drug-likeness (QED) is 0.690. The van der Waals surface area contributed by atoms with E-state index >= 15 is 0 Å². The molecule has 116 valence electrons. The van der Waals surface area contributed by atoms with Gasteiger partial charge in [0.05, 0.1) is 5.75 Å². The molecular weight excluding hydrogens is 278 g/mol. The average Bonchev–Trinajstić information content (AvgIpc) is 2.31. The summed E-state index contributed by atoms with van der Waals surface area (Å²) in [4.78, 5) is 13.7. The minimum atomic E-state index is -3.08. The van der Waals surface area contributed by atoms with Crippen LogP contribution in [-0.4, -0.2) is 43.9 Å². The second-order valence-electron chi connectivity index (χ2n) is 6.06. The van der Waals surface area contributed by atoms with Gasteiger partial charge in [-0.15, -0.1) is 0 Å². The lowest BCUT2D eigenvalue weighted by atomic mass is 10.2. The Morgan fingerprint density at radius 3 is 2.45 bits per heavy atom. The molecule has 6 heteroatoms. The predicted molar refractivity (Wildman–Crippen MR) is 79.2 cm³/mol. The number of hydrogen-bond acceptors (Lipinski definition) is 4. The summed E-state index contributed by atoms with van der Waals surface area (Å²) in [5.74, 6) is 0.145. The molecule has 0 bridgehead atoms. The molecule has 5 nitrogen and oxygen atoms in total. The number of carbonyl (C=O) groups excluding carboxylic acids is 1. The number of sulfone groups is 1. The maximum absolute atomic E-state index is 12.1. The van der Waals surface area contributed by atoms with Crippen LogP contribution >= 0.6 is 0 Å². The van der Waals surface area contributed by atoms with Crippen molar-refractivity contribution in [3.8, 4) is 0 Å². The van der Waals surface area contributed by atoms with Crippen molar-refractivity contribution in [3.05, 3.63) is 11.5 Å². The summed E-state index contributed by atoms with van der Waals surface area (Å²) in [6.07, 6.45) is 3.99. The summed E-state index contributed by atoms with van der Waals surface area (Å²) in [7, 11) is -3.08. The number of hydrogen-bond donors (Lipinski definition) is 0. The first-order chi connectivity index (χ1) is 9.20. The first-order valence-corrected chi connectivity index (χ1v) is 8.78. The van der Waals surface area contributed by atoms with E-state index in [9.17, 15) is 13.2 Å². The Morgan fingerprint density at radius 2 is 1.80 bits per heavy atom. The highest BCUT2D eigenvalue weighted by Gasteiger charge is 2.21. The van der Waals surface area contributed by atoms with Gasteiger partial charge in [0.2, 0.25) is 0 Å². The van der Waals surface area contributed by atoms with Gasteiger partial charge in [-0.25, -0.2) is 13.2 Å². The summed E-state index contributed by atoms with van der Waals surface area (Å²) in [5.41, 5.74) is -0.507. The average molecular weight is 303 g/mol. The van der Waals surface area contributed by atoms with Crippen molar-refractivity contribution < 1.29 is 17.9 Å². The van der Waals surface area contributed by atoms with Gasteiger partial charge < -0.3 is 9.64 Å². The van der Waals surface area contributed by atoms with E-state index in [4.69, 9.17) is 4.74 Å². The van der Waals surface area contributed by atoms with E-state index in [0.29, 0.717) is 32.4 Å². The van der Waals surface area contributed by atoms with Crippen molar-refractivity contribution in [2.75, 3.05) is 18.8 Å². The summed E-state index contributed by atoms with van der Waals surface area (Å²) in [6, 6.07) is 0. The van der Waals surface area contributed by atoms with E-state index in [1.54, 1.807) is 11.0 Å². The van der Waals surface area contributed by atoms with Gasteiger partial charge in [0.25, 0.3) is 0 Å². The van der Waals surface area contributed by atoms with Gasteiger partial charge in [-0.2, -0.15) is 0 Å². The molecule has 1 heterocycles. The van der Waals surface area contributed by atoms with Crippen molar-refractivity contribution in [3.63, 3.8) is 0 Å². The van der Waals surface area contributed by atoms with Crippen LogP contribution in [0.2, 0.25) is 0 Å². The molecule has 0 saturated carbocycles. The monoisotopic (exact) mass is 303 g/mol. The fourth-order valence-electron chi connectivity index (χ4n) is 1.91. The van der Waals surface area contributed by atoms with Crippen LogP contribution < -0.4 is 0 Å². The maximum atomic E-state index is 12.1. The molecule has 0 N–H and O–H groups in total. The zero-order valence-electron chi connectivity index (χ0n) is 12.6. The second kappa shape index (κ2) is 7.11. The van der Waals surface area contributed by atoms with Crippen molar-refractivity contribution in [1.29, 1.82) is 0 Å². The molecule has 0 unspecified atom stereocenters. The lowest BCUT2D eigenvalue weighted by molar-refractivity contribution is 0.0246. The third kappa shape index (κ3) is 6.93. The van der Waals surface area contributed by atoms with E-state index < -0.39 is 15.4 Å². The van der Waals surface area contributed by atoms with Gasteiger partial charge in [-0.05, 0) is 46.5 Å². The van der Waals surface area contributed by atoms with Gasteiger partial charge in [0.1, 0.15) is 5.60 Å². The Kier molecular flexibility index (Phi) is 6.05. The van der Waals surface area contributed by atoms with Crippen LogP contribution in [0.3, 0.4) is 0 Å². The molecule has 0 atom stereocenters. The summed E-state index contributed by atoms with van der Waals surface area (Å²) in [6.45, 7) is 6.66. The van der Waals surface area contributed by atoms with Crippen molar-refractivity contribution in [2.24, 2.45) is 0 Å². The van der Waals surface area contributed by atoms with E-state index in [1.165, 1.54) is 5.41 Å². The van der Waals surface area contributed by atoms with Crippen LogP contribution in [0.25, 0.3) is 0 Å². The first kappa shape index (κ1) is 17.0. The summed E-state index contributed by atoms with van der Waals surface area (Å²) < 4.78 is 28.6. The van der Waals surface area contributed by atoms with Gasteiger partial charge in [0, 0.05) is 18.5 Å². The molecule has 0 aliphatic carbocycles. The number of rotatable bonds is 0. The molecule has 1 aliphatic heterocycles. The highest BCUT2D eigenvalue weighted by Crippen LogP contribution is 2.13. The van der Waals surface area contributed by atoms with Gasteiger partial charge in [0.15, 0.2) is 9.84 Å². The lowest BCUT2D eigenvalue weighted by Gasteiger charge is -2.27. The molecule has 0 fully saturated rings. The van der Waals surface area contributed by atoms with Gasteiger partial charge in [-0.1, -0.05) is 6.08 Å². The molecule has 0 radical (unpaired) electrons. The molecule has 1 amide bonds. The number of amides is 1. The number of allylic oxidation sites excluding steroid dienone is 1. The molecule has 0 spiro atoms. The number of carbonyl (C=O) groups is 1. The number of ether oxygens (including phenoxy) is 1. The van der Waals surface area contributed by atoms with Crippen LogP contribution in [0.15, 0.2) is 11.5 Å². The summed E-state index contributed by atoms with van der Waals surface area (Å²) in [5, 5.41) is 1.30. The highest BCUT2D eigenvalue weighted by atomic mass is 32.2. The Balaban J connectivity index is 2.62. The minimum absolute atomic E-state index is 0.145. The second-order valence-corrected chi connectivity index (χ2v) is 8.06. The molecule has 0 aromatic carbocycles. The molecule has 0 aromatic heterocycles. The molecule has 0 saturated heterocycles. The fraction of sp³-hybridized carbons (Fsp3) is 0.786. The Morgan fingerprint density at radius 1 is 1.15 bits per heavy atom. The minimum Gasteiger partial charge on any atom is -0.444 e. The van der Waals surface area contributed by atoms with Crippen molar-refractivity contribution >= 4 is 15.9 Å². The van der Waals surface area contributed by atoms with E-state index in [-0.39, 0.29) is 11.8 Å². The van der Waals surface area contributed by atoms with Gasteiger partial charge in [-0.3, -0.25) is 0 Å². The molecule has 1 rings (SSSR count). The fourth-order valence-corrected chi connectivity index (χ4v) is 3.08. The topological polar surface area (TPSA) is 63.7 Å². The third-order valence-electron chi connectivity index (χ3n) is 2.86. The van der Waals surface area contributed by atoms with E-state index in [0.717, 1.165) is 6.42 Å². The molecule has 20 heavy (non-hydrogen) atoms.